The minimum absolute atomic E-state index is 0.116. The van der Waals surface area contributed by atoms with Gasteiger partial charge < -0.3 is 15.2 Å². The lowest BCUT2D eigenvalue weighted by Crippen LogP contribution is -2.34. The number of hydrogen-bond acceptors (Lipinski definition) is 5. The molecule has 0 aliphatic carbocycles. The summed E-state index contributed by atoms with van der Waals surface area (Å²) in [5.74, 6) is 0. The summed E-state index contributed by atoms with van der Waals surface area (Å²) in [7, 11) is 1.54. The van der Waals surface area contributed by atoms with Gasteiger partial charge in [0.05, 0.1) is 15.5 Å². The van der Waals surface area contributed by atoms with Gasteiger partial charge in [-0.25, -0.2) is 0 Å². The molecule has 0 amide bonds. The average molecular weight is 289 g/mol. The van der Waals surface area contributed by atoms with Crippen LogP contribution in [0.25, 0.3) is 0 Å². The van der Waals surface area contributed by atoms with Crippen molar-refractivity contribution < 1.29 is 14.8 Å². The van der Waals surface area contributed by atoms with Gasteiger partial charge in [-0.05, 0) is 13.0 Å². The van der Waals surface area contributed by atoms with Crippen LogP contribution in [0.5, 0.6) is 0 Å². The third-order valence-electron chi connectivity index (χ3n) is 2.68. The Labute approximate surface area is 116 Å². The summed E-state index contributed by atoms with van der Waals surface area (Å²) in [6.07, 6.45) is 0.411. The maximum atomic E-state index is 10.9. The molecule has 7 heteroatoms. The number of anilines is 1. The molecule has 0 aromatic heterocycles. The number of nitrogens with zero attached hydrogens (tertiary/aromatic N) is 1. The van der Waals surface area contributed by atoms with E-state index in [0.29, 0.717) is 13.0 Å². The van der Waals surface area contributed by atoms with Gasteiger partial charge in [0.1, 0.15) is 5.69 Å². The Kier molecular flexibility index (Phi) is 5.53. The van der Waals surface area contributed by atoms with Crippen molar-refractivity contribution in [3.05, 3.63) is 33.3 Å². The summed E-state index contributed by atoms with van der Waals surface area (Å²) in [4.78, 5) is 10.4. The van der Waals surface area contributed by atoms with E-state index >= 15 is 0 Å². The van der Waals surface area contributed by atoms with Crippen molar-refractivity contribution in [1.29, 1.82) is 0 Å². The van der Waals surface area contributed by atoms with E-state index in [1.54, 1.807) is 20.1 Å². The van der Waals surface area contributed by atoms with Crippen molar-refractivity contribution in [2.24, 2.45) is 0 Å². The van der Waals surface area contributed by atoms with Crippen molar-refractivity contribution in [3.8, 4) is 0 Å². The highest BCUT2D eigenvalue weighted by Crippen LogP contribution is 2.32. The number of nitro benzene ring substituents is 1. The number of nitro groups is 1. The normalized spacial score (nSPS) is 13.9. The topological polar surface area (TPSA) is 84.6 Å². The maximum absolute atomic E-state index is 10.9. The molecular weight excluding hydrogens is 272 g/mol. The van der Waals surface area contributed by atoms with Gasteiger partial charge in [-0.1, -0.05) is 17.7 Å². The second-order valence-corrected chi connectivity index (χ2v) is 4.89. The number of rotatable bonds is 7. The second-order valence-electron chi connectivity index (χ2n) is 4.48. The van der Waals surface area contributed by atoms with Crippen LogP contribution in [0.1, 0.15) is 13.3 Å². The molecule has 19 heavy (non-hydrogen) atoms. The van der Waals surface area contributed by atoms with Gasteiger partial charge in [-0.15, -0.1) is 0 Å². The van der Waals surface area contributed by atoms with Crippen LogP contribution in [0, 0.1) is 10.1 Å². The first-order chi connectivity index (χ1) is 8.87. The molecule has 0 spiro atoms. The fraction of sp³-hybridized carbons (Fsp3) is 0.500. The fourth-order valence-corrected chi connectivity index (χ4v) is 1.77. The molecule has 1 atom stereocenters. The lowest BCUT2D eigenvalue weighted by molar-refractivity contribution is -0.384. The van der Waals surface area contributed by atoms with Crippen LogP contribution in [0.3, 0.4) is 0 Å². The standard InChI is InChI=1S/C12H17ClN2O4/c1-12(16,6-7-19-2)8-14-11-9(13)4-3-5-10(11)15(17)18/h3-5,14,16H,6-8H2,1-2H3. The highest BCUT2D eigenvalue weighted by Gasteiger charge is 2.23. The summed E-state index contributed by atoms with van der Waals surface area (Å²) in [6.45, 7) is 2.17. The molecule has 1 rings (SSSR count). The van der Waals surface area contributed by atoms with Crippen molar-refractivity contribution in [3.63, 3.8) is 0 Å². The van der Waals surface area contributed by atoms with E-state index in [2.05, 4.69) is 5.32 Å². The van der Waals surface area contributed by atoms with E-state index in [1.165, 1.54) is 12.1 Å². The number of ether oxygens (including phenoxy) is 1. The van der Waals surface area contributed by atoms with E-state index in [0.717, 1.165) is 0 Å². The highest BCUT2D eigenvalue weighted by atomic mass is 35.5. The SMILES string of the molecule is COCCC(C)(O)CNc1c(Cl)cccc1[N+](=O)[O-]. The molecule has 0 heterocycles. The molecule has 0 aliphatic heterocycles. The summed E-state index contributed by atoms with van der Waals surface area (Å²) in [5.41, 5.74) is -0.940. The third kappa shape index (κ3) is 4.66. The van der Waals surface area contributed by atoms with Crippen molar-refractivity contribution in [1.82, 2.24) is 0 Å². The van der Waals surface area contributed by atoms with Crippen LogP contribution >= 0.6 is 11.6 Å². The first-order valence-corrected chi connectivity index (χ1v) is 6.13. The smallest absolute Gasteiger partial charge is 0.293 e. The third-order valence-corrected chi connectivity index (χ3v) is 2.99. The van der Waals surface area contributed by atoms with Gasteiger partial charge in [0, 0.05) is 32.7 Å². The van der Waals surface area contributed by atoms with Crippen LogP contribution in [0.4, 0.5) is 11.4 Å². The lowest BCUT2D eigenvalue weighted by Gasteiger charge is -2.24. The van der Waals surface area contributed by atoms with Crippen molar-refractivity contribution in [2.75, 3.05) is 25.6 Å². The minimum atomic E-state index is -1.04. The zero-order valence-corrected chi connectivity index (χ0v) is 11.6. The van der Waals surface area contributed by atoms with Gasteiger partial charge in [-0.2, -0.15) is 0 Å². The molecule has 2 N–H and O–H groups in total. The predicted molar refractivity (Wildman–Crippen MR) is 73.7 cm³/mol. The monoisotopic (exact) mass is 288 g/mol. The Bertz CT molecular complexity index is 451. The fourth-order valence-electron chi connectivity index (χ4n) is 1.53. The molecule has 6 nitrogen and oxygen atoms in total. The Morgan fingerprint density at radius 3 is 2.84 bits per heavy atom. The number of methoxy groups -OCH3 is 1. The summed E-state index contributed by atoms with van der Waals surface area (Å²) in [6, 6.07) is 4.42. The largest absolute Gasteiger partial charge is 0.388 e. The summed E-state index contributed by atoms with van der Waals surface area (Å²) in [5, 5.41) is 24.0. The molecule has 1 unspecified atom stereocenters. The first kappa shape index (κ1) is 15.7. The predicted octanol–water partition coefficient (Wildman–Crippen LogP) is 2.45. The van der Waals surface area contributed by atoms with Gasteiger partial charge in [0.2, 0.25) is 0 Å². The Hall–Kier alpha value is -1.37. The number of hydrogen-bond donors (Lipinski definition) is 2. The van der Waals surface area contributed by atoms with E-state index in [1.807, 2.05) is 0 Å². The Morgan fingerprint density at radius 2 is 2.26 bits per heavy atom. The number of para-hydroxylation sites is 1. The average Bonchev–Trinajstić information content (AvgIpc) is 2.34. The zero-order valence-electron chi connectivity index (χ0n) is 10.9. The van der Waals surface area contributed by atoms with E-state index in [-0.39, 0.29) is 22.9 Å². The molecule has 0 bridgehead atoms. The number of halogens is 1. The Balaban J connectivity index is 2.80. The molecule has 1 aromatic carbocycles. The quantitative estimate of drug-likeness (QED) is 0.594. The van der Waals surface area contributed by atoms with Crippen molar-refractivity contribution in [2.45, 2.75) is 18.9 Å². The number of benzene rings is 1. The molecular formula is C12H17ClN2O4. The van der Waals surface area contributed by atoms with Crippen LogP contribution in [0.15, 0.2) is 18.2 Å². The van der Waals surface area contributed by atoms with E-state index in [9.17, 15) is 15.2 Å². The van der Waals surface area contributed by atoms with Gasteiger partial charge in [0.25, 0.3) is 5.69 Å². The molecule has 1 aromatic rings. The Morgan fingerprint density at radius 1 is 1.58 bits per heavy atom. The molecule has 106 valence electrons. The number of aliphatic hydroxyl groups is 1. The highest BCUT2D eigenvalue weighted by molar-refractivity contribution is 6.33. The summed E-state index contributed by atoms with van der Waals surface area (Å²) < 4.78 is 4.89. The first-order valence-electron chi connectivity index (χ1n) is 5.75. The lowest BCUT2D eigenvalue weighted by atomic mass is 10.0. The molecule has 0 saturated carbocycles. The van der Waals surface area contributed by atoms with E-state index < -0.39 is 10.5 Å². The van der Waals surface area contributed by atoms with Crippen LogP contribution in [-0.4, -0.2) is 35.9 Å². The molecule has 0 fully saturated rings. The molecule has 0 saturated heterocycles. The summed E-state index contributed by atoms with van der Waals surface area (Å²) >= 11 is 5.93. The maximum Gasteiger partial charge on any atom is 0.293 e. The minimum Gasteiger partial charge on any atom is -0.388 e. The van der Waals surface area contributed by atoms with Crippen LogP contribution in [-0.2, 0) is 4.74 Å². The van der Waals surface area contributed by atoms with Crippen molar-refractivity contribution >= 4 is 23.0 Å². The zero-order chi connectivity index (χ0) is 14.5. The van der Waals surface area contributed by atoms with Gasteiger partial charge in [-0.3, -0.25) is 10.1 Å². The second kappa shape index (κ2) is 6.70. The van der Waals surface area contributed by atoms with E-state index in [4.69, 9.17) is 16.3 Å². The number of nitrogens with one attached hydrogen (secondary N) is 1. The molecule has 0 radical (unpaired) electrons. The van der Waals surface area contributed by atoms with Crippen LogP contribution < -0.4 is 5.32 Å². The van der Waals surface area contributed by atoms with Crippen LogP contribution in [0.2, 0.25) is 5.02 Å². The van der Waals surface area contributed by atoms with Gasteiger partial charge in [0.15, 0.2) is 0 Å². The van der Waals surface area contributed by atoms with Gasteiger partial charge >= 0.3 is 0 Å². The molecule has 0 aliphatic rings.